The van der Waals surface area contributed by atoms with Gasteiger partial charge in [0, 0.05) is 19.4 Å². The second kappa shape index (κ2) is 62.4. The number of phosphoric ester groups is 1. The molecule has 0 amide bonds. The summed E-state index contributed by atoms with van der Waals surface area (Å²) in [5, 5.41) is 0. The number of allylic oxidation sites excluding steroid dienone is 6. The van der Waals surface area contributed by atoms with Crippen molar-refractivity contribution < 1.29 is 37.6 Å². The molecule has 2 atom stereocenters. The predicted octanol–water partition coefficient (Wildman–Crippen LogP) is 21.1. The summed E-state index contributed by atoms with van der Waals surface area (Å²) in [6.07, 6.45) is 76.7. The second-order valence-electron chi connectivity index (χ2n) is 22.3. The number of phosphoric acid groups is 1. The van der Waals surface area contributed by atoms with Gasteiger partial charge in [0.2, 0.25) is 0 Å². The summed E-state index contributed by atoms with van der Waals surface area (Å²) in [4.78, 5) is 35.2. The van der Waals surface area contributed by atoms with Crippen LogP contribution in [0.4, 0.5) is 0 Å². The number of esters is 2. The molecule has 0 spiro atoms. The van der Waals surface area contributed by atoms with Gasteiger partial charge in [-0.25, -0.2) is 4.57 Å². The number of nitrogens with two attached hydrogens (primary N) is 1. The maximum atomic E-state index is 12.7. The largest absolute Gasteiger partial charge is 0.472 e. The lowest BCUT2D eigenvalue weighted by Crippen LogP contribution is -2.29. The van der Waals surface area contributed by atoms with Gasteiger partial charge in [0.15, 0.2) is 6.10 Å². The Morgan fingerprint density at radius 3 is 1.01 bits per heavy atom. The predicted molar refractivity (Wildman–Crippen MR) is 326 cm³/mol. The van der Waals surface area contributed by atoms with Crippen molar-refractivity contribution in [1.82, 2.24) is 0 Å². The van der Waals surface area contributed by atoms with Gasteiger partial charge in [0.1, 0.15) is 6.61 Å². The zero-order valence-corrected chi connectivity index (χ0v) is 51.2. The van der Waals surface area contributed by atoms with Crippen molar-refractivity contribution in [3.8, 4) is 0 Å². The van der Waals surface area contributed by atoms with E-state index in [1.165, 1.54) is 238 Å². The Hall–Kier alpha value is -1.77. The summed E-state index contributed by atoms with van der Waals surface area (Å²) >= 11 is 0. The Kier molecular flexibility index (Phi) is 61.0. The van der Waals surface area contributed by atoms with Crippen molar-refractivity contribution in [1.29, 1.82) is 0 Å². The second-order valence-corrected chi connectivity index (χ2v) is 23.8. The van der Waals surface area contributed by atoms with E-state index in [9.17, 15) is 19.0 Å². The lowest BCUT2D eigenvalue weighted by Gasteiger charge is -2.19. The Bertz CT molecular complexity index is 1340. The Morgan fingerprint density at radius 2 is 0.684 bits per heavy atom. The highest BCUT2D eigenvalue weighted by Gasteiger charge is 2.26. The zero-order valence-electron chi connectivity index (χ0n) is 50.3. The van der Waals surface area contributed by atoms with E-state index in [1.807, 2.05) is 0 Å². The van der Waals surface area contributed by atoms with Gasteiger partial charge in [-0.2, -0.15) is 0 Å². The molecule has 0 aliphatic carbocycles. The van der Waals surface area contributed by atoms with Crippen molar-refractivity contribution in [3.63, 3.8) is 0 Å². The van der Waals surface area contributed by atoms with Crippen LogP contribution in [0.1, 0.15) is 341 Å². The van der Waals surface area contributed by atoms with Gasteiger partial charge in [-0.05, 0) is 51.4 Å². The molecule has 0 aromatic heterocycles. The lowest BCUT2D eigenvalue weighted by molar-refractivity contribution is -0.161. The minimum atomic E-state index is -4.39. The van der Waals surface area contributed by atoms with Crippen LogP contribution in [0.15, 0.2) is 36.5 Å². The number of rotatable bonds is 63. The molecule has 76 heavy (non-hydrogen) atoms. The molecule has 0 aliphatic rings. The maximum absolute atomic E-state index is 12.7. The molecule has 0 heterocycles. The fourth-order valence-electron chi connectivity index (χ4n) is 9.88. The van der Waals surface area contributed by atoms with Gasteiger partial charge in [-0.1, -0.05) is 314 Å². The van der Waals surface area contributed by atoms with Crippen LogP contribution in [0, 0.1) is 0 Å². The Labute approximate surface area is 471 Å². The monoisotopic (exact) mass is 1090 g/mol. The van der Waals surface area contributed by atoms with Crippen LogP contribution in [0.2, 0.25) is 0 Å². The van der Waals surface area contributed by atoms with Gasteiger partial charge in [0.25, 0.3) is 0 Å². The number of carbonyl (C=O) groups excluding carboxylic acids is 2. The Balaban J connectivity index is 3.83. The molecule has 0 fully saturated rings. The third kappa shape index (κ3) is 61.4. The number of hydrogen-bond acceptors (Lipinski definition) is 8. The minimum absolute atomic E-state index is 0.0520. The molecule has 0 aromatic carbocycles. The summed E-state index contributed by atoms with van der Waals surface area (Å²) < 4.78 is 33.1. The molecule has 0 radical (unpaired) electrons. The molecule has 9 nitrogen and oxygen atoms in total. The third-order valence-electron chi connectivity index (χ3n) is 14.8. The van der Waals surface area contributed by atoms with Gasteiger partial charge >= 0.3 is 19.8 Å². The van der Waals surface area contributed by atoms with Crippen LogP contribution < -0.4 is 5.73 Å². The first kappa shape index (κ1) is 74.2. The van der Waals surface area contributed by atoms with Crippen LogP contribution in [-0.2, 0) is 32.7 Å². The van der Waals surface area contributed by atoms with Crippen molar-refractivity contribution in [3.05, 3.63) is 36.5 Å². The van der Waals surface area contributed by atoms with Crippen LogP contribution in [-0.4, -0.2) is 49.3 Å². The Morgan fingerprint density at radius 1 is 0.395 bits per heavy atom. The fourth-order valence-corrected chi connectivity index (χ4v) is 10.6. The highest BCUT2D eigenvalue weighted by molar-refractivity contribution is 7.47. The van der Waals surface area contributed by atoms with Crippen molar-refractivity contribution in [2.24, 2.45) is 5.73 Å². The summed E-state index contributed by atoms with van der Waals surface area (Å²) in [5.41, 5.74) is 5.39. The van der Waals surface area contributed by atoms with Crippen LogP contribution in [0.5, 0.6) is 0 Å². The first-order valence-corrected chi connectivity index (χ1v) is 34.5. The normalized spacial score (nSPS) is 13.2. The smallest absolute Gasteiger partial charge is 0.462 e. The van der Waals surface area contributed by atoms with E-state index < -0.39 is 26.5 Å². The standard InChI is InChI=1S/C66H126NO8P/c1-3-5-7-9-11-13-15-17-19-21-23-25-26-27-28-29-30-31-32-33-34-35-36-37-39-40-42-44-46-48-50-52-54-56-58-65(68)72-62-64(63-74-76(70,71)73-61-60-67)75-66(69)59-57-55-53-51-49-47-45-43-41-38-24-22-20-18-16-14-12-10-8-6-4-2/h16,18,22,24,41,43,64H,3-15,17,19-21,23,25-40,42,44-63,67H2,1-2H3,(H,70,71)/b18-16-,24-22-,43-41-. The average molecular weight is 1090 g/mol. The molecule has 2 unspecified atom stereocenters. The van der Waals surface area contributed by atoms with E-state index in [0.717, 1.165) is 70.6 Å². The molecular weight excluding hydrogens is 966 g/mol. The van der Waals surface area contributed by atoms with Crippen molar-refractivity contribution in [2.75, 3.05) is 26.4 Å². The number of hydrogen-bond donors (Lipinski definition) is 2. The van der Waals surface area contributed by atoms with E-state index in [-0.39, 0.29) is 38.6 Å². The summed E-state index contributed by atoms with van der Waals surface area (Å²) in [6, 6.07) is 0. The van der Waals surface area contributed by atoms with Gasteiger partial charge in [-0.15, -0.1) is 0 Å². The quantitative estimate of drug-likeness (QED) is 0.0264. The van der Waals surface area contributed by atoms with E-state index >= 15 is 0 Å². The van der Waals surface area contributed by atoms with Crippen LogP contribution in [0.3, 0.4) is 0 Å². The molecule has 10 heteroatoms. The molecule has 0 saturated carbocycles. The molecule has 0 aliphatic heterocycles. The fraction of sp³-hybridized carbons (Fsp3) is 0.879. The van der Waals surface area contributed by atoms with Crippen molar-refractivity contribution >= 4 is 19.8 Å². The third-order valence-corrected chi connectivity index (χ3v) is 15.8. The van der Waals surface area contributed by atoms with E-state index in [2.05, 4.69) is 50.3 Å². The zero-order chi connectivity index (χ0) is 55.2. The average Bonchev–Trinajstić information content (AvgIpc) is 3.41. The van der Waals surface area contributed by atoms with E-state index in [1.54, 1.807) is 0 Å². The molecule has 448 valence electrons. The summed E-state index contributed by atoms with van der Waals surface area (Å²) in [7, 11) is -4.39. The minimum Gasteiger partial charge on any atom is -0.462 e. The molecule has 0 rings (SSSR count). The number of ether oxygens (including phenoxy) is 2. The maximum Gasteiger partial charge on any atom is 0.472 e. The molecule has 0 bridgehead atoms. The molecule has 0 saturated heterocycles. The topological polar surface area (TPSA) is 134 Å². The number of carbonyl (C=O) groups is 2. The van der Waals surface area contributed by atoms with E-state index in [4.69, 9.17) is 24.3 Å². The van der Waals surface area contributed by atoms with E-state index in [0.29, 0.717) is 6.42 Å². The highest BCUT2D eigenvalue weighted by Crippen LogP contribution is 2.43. The lowest BCUT2D eigenvalue weighted by atomic mass is 10.0. The first-order valence-electron chi connectivity index (χ1n) is 33.0. The highest BCUT2D eigenvalue weighted by atomic mass is 31.2. The van der Waals surface area contributed by atoms with Gasteiger partial charge in [-0.3, -0.25) is 18.6 Å². The van der Waals surface area contributed by atoms with Crippen molar-refractivity contribution in [2.45, 2.75) is 347 Å². The first-order chi connectivity index (χ1) is 37.3. The van der Waals surface area contributed by atoms with Gasteiger partial charge in [0.05, 0.1) is 13.2 Å². The van der Waals surface area contributed by atoms with Crippen LogP contribution in [0.25, 0.3) is 0 Å². The molecular formula is C66H126NO8P. The molecule has 0 aromatic rings. The summed E-state index contributed by atoms with van der Waals surface area (Å²) in [6.45, 7) is 3.77. The molecule has 3 N–H and O–H groups in total. The summed E-state index contributed by atoms with van der Waals surface area (Å²) in [5.74, 6) is -0.826. The van der Waals surface area contributed by atoms with Crippen LogP contribution >= 0.6 is 7.82 Å². The number of unbranched alkanes of at least 4 members (excludes halogenated alkanes) is 44. The van der Waals surface area contributed by atoms with Gasteiger partial charge < -0.3 is 20.1 Å². The SMILES string of the molecule is CCCCCCC/C=C\C/C=C\C/C=C\CCCCCCCCC(=O)OC(COC(=O)CCCCCCCCCCCCCCCCCCCCCCCCCCCCCCCCCCCC)COP(=O)(O)OCCN.